The molecule has 0 aliphatic heterocycles. The molecule has 4 rings (SSSR count). The molecule has 2 heterocycles. The molecule has 0 unspecified atom stereocenters. The normalized spacial score (nSPS) is 11.1. The number of allylic oxidation sites excluding steroid dienone is 1. The Bertz CT molecular complexity index is 1260. The Morgan fingerprint density at radius 3 is 2.48 bits per heavy atom. The third-order valence-electron chi connectivity index (χ3n) is 4.79. The maximum Gasteiger partial charge on any atom is 0.128 e. The second-order valence-electron chi connectivity index (χ2n) is 6.66. The highest BCUT2D eigenvalue weighted by molar-refractivity contribution is 5.92. The van der Waals surface area contributed by atoms with E-state index in [0.29, 0.717) is 28.5 Å². The summed E-state index contributed by atoms with van der Waals surface area (Å²) in [4.78, 5) is 4.31. The van der Waals surface area contributed by atoms with E-state index < -0.39 is 0 Å². The minimum Gasteiger partial charge on any atom is -0.497 e. The molecular weight excluding hydrogens is 388 g/mol. The number of nitrogens with zero attached hydrogens (tertiary/aromatic N) is 4. The van der Waals surface area contributed by atoms with E-state index in [4.69, 9.17) is 14.6 Å². The molecule has 6 nitrogen and oxygen atoms in total. The van der Waals surface area contributed by atoms with E-state index in [-0.39, 0.29) is 0 Å². The van der Waals surface area contributed by atoms with Gasteiger partial charge in [-0.15, -0.1) is 0 Å². The zero-order valence-electron chi connectivity index (χ0n) is 17.2. The lowest BCUT2D eigenvalue weighted by molar-refractivity contribution is 0.404. The van der Waals surface area contributed by atoms with Gasteiger partial charge in [0, 0.05) is 23.5 Å². The molecule has 0 amide bonds. The van der Waals surface area contributed by atoms with E-state index in [1.165, 1.54) is 0 Å². The fourth-order valence-electron chi connectivity index (χ4n) is 3.26. The molecule has 0 bridgehead atoms. The van der Waals surface area contributed by atoms with E-state index in [0.717, 1.165) is 16.8 Å². The maximum atomic E-state index is 9.78. The van der Waals surface area contributed by atoms with Gasteiger partial charge in [0.2, 0.25) is 0 Å². The number of aromatic nitrogens is 3. The molecule has 0 atom stereocenters. The number of para-hydroxylation sites is 1. The number of nitriles is 1. The SMILES string of the molecule is COc1ccc(OC)c(-c2nn(-c3ccccc3)cc2/C=C(/C#N)c2ccccn2)c1. The summed E-state index contributed by atoms with van der Waals surface area (Å²) in [7, 11) is 3.23. The fraction of sp³-hybridized carbons (Fsp3) is 0.0800. The molecular formula is C25H20N4O2. The Balaban J connectivity index is 1.94. The zero-order valence-corrected chi connectivity index (χ0v) is 17.2. The summed E-state index contributed by atoms with van der Waals surface area (Å²) in [6, 6.07) is 23.1. The van der Waals surface area contributed by atoms with Crippen molar-refractivity contribution in [2.75, 3.05) is 14.2 Å². The Morgan fingerprint density at radius 2 is 1.81 bits per heavy atom. The predicted molar refractivity (Wildman–Crippen MR) is 120 cm³/mol. The zero-order chi connectivity index (χ0) is 21.6. The number of rotatable bonds is 6. The molecule has 0 aliphatic carbocycles. The third-order valence-corrected chi connectivity index (χ3v) is 4.79. The lowest BCUT2D eigenvalue weighted by Gasteiger charge is -2.09. The Hall–Kier alpha value is -4.37. The number of ether oxygens (including phenoxy) is 2. The first-order valence-corrected chi connectivity index (χ1v) is 9.64. The standard InChI is InChI=1S/C25H20N4O2/c1-30-21-11-12-24(31-2)22(15-21)25-19(14-18(16-26)23-10-6-7-13-27-23)17-29(28-25)20-8-4-3-5-9-20/h3-15,17H,1-2H3/b18-14-. The first-order valence-electron chi connectivity index (χ1n) is 9.64. The van der Waals surface area contributed by atoms with Crippen molar-refractivity contribution in [3.8, 4) is 34.5 Å². The molecule has 31 heavy (non-hydrogen) atoms. The van der Waals surface area contributed by atoms with Gasteiger partial charge < -0.3 is 9.47 Å². The summed E-state index contributed by atoms with van der Waals surface area (Å²) in [6.07, 6.45) is 5.35. The minimum absolute atomic E-state index is 0.441. The molecule has 2 aromatic heterocycles. The van der Waals surface area contributed by atoms with E-state index >= 15 is 0 Å². The summed E-state index contributed by atoms with van der Waals surface area (Å²) < 4.78 is 12.8. The number of pyridine rings is 1. The lowest BCUT2D eigenvalue weighted by atomic mass is 10.0. The van der Waals surface area contributed by atoms with Crippen molar-refractivity contribution in [2.45, 2.75) is 0 Å². The van der Waals surface area contributed by atoms with Gasteiger partial charge >= 0.3 is 0 Å². The number of hydrogen-bond acceptors (Lipinski definition) is 5. The van der Waals surface area contributed by atoms with Gasteiger partial charge in [-0.05, 0) is 48.5 Å². The van der Waals surface area contributed by atoms with Crippen molar-refractivity contribution in [1.29, 1.82) is 5.26 Å². The van der Waals surface area contributed by atoms with Crippen molar-refractivity contribution in [3.63, 3.8) is 0 Å². The van der Waals surface area contributed by atoms with Crippen LogP contribution in [0.25, 0.3) is 28.6 Å². The summed E-state index contributed by atoms with van der Waals surface area (Å²) in [5.74, 6) is 1.34. The van der Waals surface area contributed by atoms with Crippen LogP contribution in [0.15, 0.2) is 79.1 Å². The average molecular weight is 408 g/mol. The van der Waals surface area contributed by atoms with Crippen LogP contribution in [0, 0.1) is 11.3 Å². The molecule has 152 valence electrons. The van der Waals surface area contributed by atoms with Crippen LogP contribution in [0.4, 0.5) is 0 Å². The highest BCUT2D eigenvalue weighted by Gasteiger charge is 2.17. The highest BCUT2D eigenvalue weighted by atomic mass is 16.5. The average Bonchev–Trinajstić information content (AvgIpc) is 3.27. The molecule has 0 aliphatic rings. The fourth-order valence-corrected chi connectivity index (χ4v) is 3.26. The summed E-state index contributed by atoms with van der Waals surface area (Å²) in [5, 5.41) is 14.6. The molecule has 4 aromatic rings. The number of methoxy groups -OCH3 is 2. The molecule has 0 saturated heterocycles. The Morgan fingerprint density at radius 1 is 1.00 bits per heavy atom. The highest BCUT2D eigenvalue weighted by Crippen LogP contribution is 2.36. The number of hydrogen-bond donors (Lipinski definition) is 0. The van der Waals surface area contributed by atoms with Crippen LogP contribution in [0.3, 0.4) is 0 Å². The van der Waals surface area contributed by atoms with Crippen LogP contribution >= 0.6 is 0 Å². The topological polar surface area (TPSA) is 73.0 Å². The second-order valence-corrected chi connectivity index (χ2v) is 6.66. The van der Waals surface area contributed by atoms with E-state index in [2.05, 4.69) is 11.1 Å². The molecule has 0 spiro atoms. The quantitative estimate of drug-likeness (QED) is 0.419. The van der Waals surface area contributed by atoms with Gasteiger partial charge in [-0.25, -0.2) is 4.68 Å². The van der Waals surface area contributed by atoms with Gasteiger partial charge in [-0.3, -0.25) is 4.98 Å². The largest absolute Gasteiger partial charge is 0.497 e. The molecule has 2 aromatic carbocycles. The summed E-state index contributed by atoms with van der Waals surface area (Å²) in [6.45, 7) is 0. The summed E-state index contributed by atoms with van der Waals surface area (Å²) in [5.41, 5.74) is 4.14. The van der Waals surface area contributed by atoms with Gasteiger partial charge in [0.25, 0.3) is 0 Å². The van der Waals surface area contributed by atoms with Gasteiger partial charge in [0.1, 0.15) is 23.3 Å². The number of benzene rings is 2. The Labute approximate surface area is 180 Å². The maximum absolute atomic E-state index is 9.78. The van der Waals surface area contributed by atoms with Crippen LogP contribution in [0.1, 0.15) is 11.3 Å². The first-order chi connectivity index (χ1) is 15.2. The molecule has 0 radical (unpaired) electrons. The lowest BCUT2D eigenvalue weighted by Crippen LogP contribution is -1.95. The first kappa shape index (κ1) is 19.9. The van der Waals surface area contributed by atoms with Gasteiger partial charge in [-0.1, -0.05) is 24.3 Å². The predicted octanol–water partition coefficient (Wildman–Crippen LogP) is 5.02. The van der Waals surface area contributed by atoms with Crippen LogP contribution in [0.5, 0.6) is 11.5 Å². The van der Waals surface area contributed by atoms with Crippen LogP contribution < -0.4 is 9.47 Å². The summed E-state index contributed by atoms with van der Waals surface area (Å²) >= 11 is 0. The van der Waals surface area contributed by atoms with E-state index in [9.17, 15) is 5.26 Å². The minimum atomic E-state index is 0.441. The van der Waals surface area contributed by atoms with Crippen LogP contribution in [-0.4, -0.2) is 29.0 Å². The third kappa shape index (κ3) is 4.16. The monoisotopic (exact) mass is 408 g/mol. The van der Waals surface area contributed by atoms with Crippen molar-refractivity contribution >= 4 is 11.6 Å². The van der Waals surface area contributed by atoms with Crippen LogP contribution in [-0.2, 0) is 0 Å². The van der Waals surface area contributed by atoms with Gasteiger partial charge in [-0.2, -0.15) is 10.4 Å². The molecule has 0 N–H and O–H groups in total. The molecule has 0 fully saturated rings. The van der Waals surface area contributed by atoms with E-state index in [1.54, 1.807) is 31.2 Å². The van der Waals surface area contributed by atoms with Gasteiger partial charge in [0.15, 0.2) is 0 Å². The van der Waals surface area contributed by atoms with Crippen molar-refractivity contribution in [2.24, 2.45) is 0 Å². The van der Waals surface area contributed by atoms with Crippen molar-refractivity contribution < 1.29 is 9.47 Å². The van der Waals surface area contributed by atoms with Crippen molar-refractivity contribution in [3.05, 3.63) is 90.4 Å². The Kier molecular flexibility index (Phi) is 5.77. The van der Waals surface area contributed by atoms with Crippen LogP contribution in [0.2, 0.25) is 0 Å². The van der Waals surface area contributed by atoms with Gasteiger partial charge in [0.05, 0.1) is 31.2 Å². The molecule has 0 saturated carbocycles. The second kappa shape index (κ2) is 8.97. The molecule has 6 heteroatoms. The smallest absolute Gasteiger partial charge is 0.128 e. The van der Waals surface area contributed by atoms with E-state index in [1.807, 2.05) is 72.9 Å². The van der Waals surface area contributed by atoms with Crippen molar-refractivity contribution in [1.82, 2.24) is 14.8 Å².